The first-order chi connectivity index (χ1) is 40.7. The topological polar surface area (TPSA) is 58.4 Å². The third-order valence-electron chi connectivity index (χ3n) is 16.6. The zero-order valence-corrected chi connectivity index (χ0v) is 44.3. The highest BCUT2D eigenvalue weighted by Gasteiger charge is 2.23. The van der Waals surface area contributed by atoms with E-state index in [0.717, 1.165) is 89.1 Å². The van der Waals surface area contributed by atoms with Gasteiger partial charge in [0.25, 0.3) is 0 Å². The molecule has 382 valence electrons. The summed E-state index contributed by atoms with van der Waals surface area (Å²) in [4.78, 5) is 16.0. The molecule has 0 fully saturated rings. The number of hydrogen-bond donors (Lipinski definition) is 0. The molecule has 82 heavy (non-hydrogen) atoms. The van der Waals surface area contributed by atoms with Crippen LogP contribution in [0.2, 0.25) is 0 Å². The Morgan fingerprint density at radius 3 is 1.11 bits per heavy atom. The van der Waals surface area contributed by atoms with E-state index in [9.17, 15) is 0 Å². The second-order valence-electron chi connectivity index (χ2n) is 21.2. The Kier molecular flexibility index (Phi) is 10.2. The Bertz CT molecular complexity index is 5250. The van der Waals surface area contributed by atoms with Crippen molar-refractivity contribution in [1.29, 1.82) is 0 Å². The van der Waals surface area contributed by atoms with E-state index < -0.39 is 0 Å². The maximum absolute atomic E-state index is 5.43. The van der Waals surface area contributed by atoms with Gasteiger partial charge < -0.3 is 18.3 Å². The molecule has 0 aliphatic carbocycles. The number of aromatic nitrogens is 7. The highest BCUT2D eigenvalue weighted by Crippen LogP contribution is 2.43. The van der Waals surface area contributed by atoms with Crippen LogP contribution < -0.4 is 0 Å². The van der Waals surface area contributed by atoms with Crippen LogP contribution in [0.5, 0.6) is 0 Å². The van der Waals surface area contributed by atoms with Crippen molar-refractivity contribution in [3.8, 4) is 68.0 Å². The van der Waals surface area contributed by atoms with Crippen LogP contribution in [-0.2, 0) is 0 Å². The first kappa shape index (κ1) is 45.8. The van der Waals surface area contributed by atoms with Gasteiger partial charge in [0.2, 0.25) is 0 Å². The van der Waals surface area contributed by atoms with Crippen molar-refractivity contribution in [2.45, 2.75) is 0 Å². The van der Waals surface area contributed by atoms with Crippen LogP contribution in [0.25, 0.3) is 155 Å². The van der Waals surface area contributed by atoms with Crippen molar-refractivity contribution in [1.82, 2.24) is 33.2 Å². The van der Waals surface area contributed by atoms with E-state index in [2.05, 4.69) is 285 Å². The average Bonchev–Trinajstić information content (AvgIpc) is 3.30. The Labute approximate surface area is 471 Å². The van der Waals surface area contributed by atoms with E-state index in [1.807, 2.05) is 18.2 Å². The highest BCUT2D eigenvalue weighted by molar-refractivity contribution is 6.14. The minimum absolute atomic E-state index is 0.582. The number of nitrogens with zero attached hydrogens (tertiary/aromatic N) is 7. The lowest BCUT2D eigenvalue weighted by molar-refractivity contribution is 1.07. The molecule has 7 nitrogen and oxygen atoms in total. The quantitative estimate of drug-likeness (QED) is 0.152. The monoisotopic (exact) mass is 1050 g/mol. The zero-order chi connectivity index (χ0) is 53.8. The lowest BCUT2D eigenvalue weighted by atomic mass is 9.98. The van der Waals surface area contributed by atoms with Crippen LogP contribution in [0.1, 0.15) is 0 Å². The molecule has 0 saturated heterocycles. The van der Waals surface area contributed by atoms with Gasteiger partial charge in [-0.2, -0.15) is 0 Å². The van der Waals surface area contributed by atoms with Crippen molar-refractivity contribution >= 4 is 87.2 Å². The largest absolute Gasteiger partial charge is 0.309 e. The first-order valence-corrected chi connectivity index (χ1v) is 27.8. The van der Waals surface area contributed by atoms with Gasteiger partial charge in [-0.15, -0.1) is 0 Å². The van der Waals surface area contributed by atoms with Gasteiger partial charge in [0.05, 0.1) is 49.8 Å². The molecule has 5 aromatic heterocycles. The van der Waals surface area contributed by atoms with Gasteiger partial charge in [0, 0.05) is 82.4 Å². The Balaban J connectivity index is 0.895. The van der Waals surface area contributed by atoms with Gasteiger partial charge in [-0.25, -0.2) is 15.0 Å². The molecule has 0 unspecified atom stereocenters. The summed E-state index contributed by atoms with van der Waals surface area (Å²) in [5, 5.41) is 9.64. The van der Waals surface area contributed by atoms with Gasteiger partial charge in [0.15, 0.2) is 17.5 Å². The van der Waals surface area contributed by atoms with Crippen molar-refractivity contribution in [2.24, 2.45) is 0 Å². The summed E-state index contributed by atoms with van der Waals surface area (Å²) in [6.45, 7) is 0. The Morgan fingerprint density at radius 1 is 0.195 bits per heavy atom. The van der Waals surface area contributed by atoms with E-state index in [1.54, 1.807) is 0 Å². The molecule has 17 aromatic rings. The van der Waals surface area contributed by atoms with Crippen LogP contribution in [-0.4, -0.2) is 33.2 Å². The molecule has 0 aliphatic heterocycles. The fourth-order valence-electron chi connectivity index (χ4n) is 13.0. The number of benzene rings is 12. The summed E-state index contributed by atoms with van der Waals surface area (Å²) in [6.07, 6.45) is 0. The third-order valence-corrected chi connectivity index (χ3v) is 16.6. The molecule has 0 saturated carbocycles. The van der Waals surface area contributed by atoms with Gasteiger partial charge in [-0.05, 0) is 109 Å². The molecule has 0 atom stereocenters. The van der Waals surface area contributed by atoms with Crippen LogP contribution in [0.4, 0.5) is 0 Å². The molecule has 0 radical (unpaired) electrons. The predicted octanol–water partition coefficient (Wildman–Crippen LogP) is 18.9. The molecule has 0 N–H and O–H groups in total. The van der Waals surface area contributed by atoms with Crippen molar-refractivity contribution in [3.63, 3.8) is 0 Å². The van der Waals surface area contributed by atoms with Crippen molar-refractivity contribution in [3.05, 3.63) is 285 Å². The molecule has 0 aliphatic rings. The van der Waals surface area contributed by atoms with E-state index in [0.29, 0.717) is 17.5 Å². The average molecular weight is 1050 g/mol. The minimum Gasteiger partial charge on any atom is -0.309 e. The molecular formula is C75H47N7. The summed E-state index contributed by atoms with van der Waals surface area (Å²) in [6, 6.07) is 102. The molecule has 7 heteroatoms. The second kappa shape index (κ2) is 18.2. The van der Waals surface area contributed by atoms with E-state index in [-0.39, 0.29) is 0 Å². The fourth-order valence-corrected chi connectivity index (χ4v) is 13.0. The lowest BCUT2D eigenvalue weighted by Crippen LogP contribution is -2.02. The second-order valence-corrected chi connectivity index (χ2v) is 21.2. The molecule has 5 heterocycles. The van der Waals surface area contributed by atoms with Crippen LogP contribution >= 0.6 is 0 Å². The lowest BCUT2D eigenvalue weighted by Gasteiger charge is -2.17. The van der Waals surface area contributed by atoms with Crippen molar-refractivity contribution < 1.29 is 0 Å². The smallest absolute Gasteiger partial charge is 0.164 e. The molecule has 0 bridgehead atoms. The summed E-state index contributed by atoms with van der Waals surface area (Å²) >= 11 is 0. The standard InChI is InChI=1S/C75H47N7/c1-3-20-48(21-4-1)73-76-74(50-22-19-25-53(44-50)80-64-32-13-7-26-55(64)56-27-8-14-33-65(56)80)78-75(77-73)51-39-42-70(82-68-36-17-11-30-59(68)60-31-12-18-37-69(60)82)62(45-51)49-38-41-61-63-47-54(40-43-71(63)79(72(61)46-49)52-23-5-2-6-24-52)81-66-34-15-9-28-57(66)58-29-10-16-35-67(58)81/h1-47H. The molecule has 17 rings (SSSR count). The number of rotatable bonds is 8. The third kappa shape index (κ3) is 7.06. The molecule has 0 amide bonds. The Hall–Kier alpha value is -11.2. The maximum Gasteiger partial charge on any atom is 0.164 e. The predicted molar refractivity (Wildman–Crippen MR) is 339 cm³/mol. The van der Waals surface area contributed by atoms with E-state index in [4.69, 9.17) is 15.0 Å². The Morgan fingerprint density at radius 2 is 0.573 bits per heavy atom. The van der Waals surface area contributed by atoms with Gasteiger partial charge in [-0.1, -0.05) is 182 Å². The normalized spacial score (nSPS) is 11.9. The number of fused-ring (bicyclic) bond motifs is 12. The fraction of sp³-hybridized carbons (Fsp3) is 0. The SMILES string of the molecule is c1ccc(-c2nc(-c3cccc(-n4c5ccccc5c5ccccc54)c3)nc(-c3ccc(-n4c5ccccc5c5ccccc54)c(-c4ccc5c6cc(-n7c8ccccc8c8ccccc87)ccc6n(-c6ccccc6)c5c4)c3)n2)cc1. The summed E-state index contributed by atoms with van der Waals surface area (Å²) < 4.78 is 9.59. The summed E-state index contributed by atoms with van der Waals surface area (Å²) in [7, 11) is 0. The van der Waals surface area contributed by atoms with Crippen LogP contribution in [0.3, 0.4) is 0 Å². The summed E-state index contributed by atoms with van der Waals surface area (Å²) in [5.74, 6) is 1.77. The number of para-hydroxylation sites is 7. The van der Waals surface area contributed by atoms with Crippen LogP contribution in [0.15, 0.2) is 285 Å². The first-order valence-electron chi connectivity index (χ1n) is 27.8. The van der Waals surface area contributed by atoms with Crippen molar-refractivity contribution in [2.75, 3.05) is 0 Å². The van der Waals surface area contributed by atoms with Gasteiger partial charge in [0.1, 0.15) is 0 Å². The van der Waals surface area contributed by atoms with E-state index in [1.165, 1.54) is 48.7 Å². The molecular weight excluding hydrogens is 999 g/mol. The molecule has 0 spiro atoms. The summed E-state index contributed by atoms with van der Waals surface area (Å²) in [5.41, 5.74) is 18.2. The minimum atomic E-state index is 0.582. The maximum atomic E-state index is 5.43. The highest BCUT2D eigenvalue weighted by atomic mass is 15.0. The van der Waals surface area contributed by atoms with E-state index >= 15 is 0 Å². The number of hydrogen-bond acceptors (Lipinski definition) is 3. The van der Waals surface area contributed by atoms with Gasteiger partial charge >= 0.3 is 0 Å². The van der Waals surface area contributed by atoms with Crippen LogP contribution in [0, 0.1) is 0 Å². The zero-order valence-electron chi connectivity index (χ0n) is 44.3. The van der Waals surface area contributed by atoms with Gasteiger partial charge in [-0.3, -0.25) is 0 Å². The molecule has 12 aromatic carbocycles.